The minimum absolute atomic E-state index is 0.0498. The van der Waals surface area contributed by atoms with Crippen molar-refractivity contribution in [3.63, 3.8) is 0 Å². The van der Waals surface area contributed by atoms with Crippen molar-refractivity contribution in [3.05, 3.63) is 89.1 Å². The van der Waals surface area contributed by atoms with Gasteiger partial charge in [0.25, 0.3) is 11.8 Å². The number of nitrogens with zero attached hydrogens (tertiary/aromatic N) is 3. The van der Waals surface area contributed by atoms with E-state index in [0.29, 0.717) is 38.0 Å². The molecule has 0 bridgehead atoms. The molecule has 11 heteroatoms. The predicted molar refractivity (Wildman–Crippen MR) is 124 cm³/mol. The first-order valence-electron chi connectivity index (χ1n) is 11.3. The Kier molecular flexibility index (Phi) is 7.58. The van der Waals surface area contributed by atoms with Crippen molar-refractivity contribution in [1.82, 2.24) is 20.2 Å². The molecular formula is C25H23F4N5O2. The van der Waals surface area contributed by atoms with Gasteiger partial charge in [-0.2, -0.15) is 13.2 Å². The summed E-state index contributed by atoms with van der Waals surface area (Å²) in [4.78, 5) is 35.4. The molecule has 3 aromatic rings. The number of nitrogens with one attached hydrogen (secondary N) is 2. The molecule has 1 fully saturated rings. The van der Waals surface area contributed by atoms with E-state index < -0.39 is 29.4 Å². The lowest BCUT2D eigenvalue weighted by Crippen LogP contribution is -2.44. The van der Waals surface area contributed by atoms with E-state index in [2.05, 4.69) is 20.6 Å². The van der Waals surface area contributed by atoms with Gasteiger partial charge in [-0.25, -0.2) is 14.4 Å². The zero-order valence-electron chi connectivity index (χ0n) is 19.1. The third-order valence-corrected chi connectivity index (χ3v) is 5.82. The summed E-state index contributed by atoms with van der Waals surface area (Å²) in [6.45, 7) is 1.56. The number of halogens is 4. The van der Waals surface area contributed by atoms with Crippen LogP contribution in [0.25, 0.3) is 0 Å². The molecule has 1 aliphatic heterocycles. The van der Waals surface area contributed by atoms with Crippen LogP contribution < -0.4 is 10.6 Å². The van der Waals surface area contributed by atoms with E-state index in [-0.39, 0.29) is 23.1 Å². The summed E-state index contributed by atoms with van der Waals surface area (Å²) in [5.74, 6) is -1.77. The number of carbonyl (C=O) groups excluding carboxylic acids is 2. The summed E-state index contributed by atoms with van der Waals surface area (Å²) in [6, 6.07) is 10.2. The minimum atomic E-state index is -4.39. The molecule has 7 nitrogen and oxygen atoms in total. The van der Waals surface area contributed by atoms with Gasteiger partial charge < -0.3 is 10.6 Å². The minimum Gasteiger partial charge on any atom is -0.348 e. The quantitative estimate of drug-likeness (QED) is 0.493. The molecule has 0 radical (unpaired) electrons. The lowest BCUT2D eigenvalue weighted by Gasteiger charge is -2.32. The van der Waals surface area contributed by atoms with Crippen molar-refractivity contribution in [2.24, 2.45) is 0 Å². The average Bonchev–Trinajstić information content (AvgIpc) is 2.85. The summed E-state index contributed by atoms with van der Waals surface area (Å²) < 4.78 is 52.3. The lowest BCUT2D eigenvalue weighted by molar-refractivity contribution is -0.137. The van der Waals surface area contributed by atoms with E-state index in [9.17, 15) is 27.2 Å². The van der Waals surface area contributed by atoms with Crippen molar-refractivity contribution in [3.8, 4) is 0 Å². The maximum Gasteiger partial charge on any atom is 0.416 e. The number of likely N-dealkylation sites (tertiary alicyclic amines) is 1. The fourth-order valence-corrected chi connectivity index (χ4v) is 4.00. The monoisotopic (exact) mass is 501 g/mol. The van der Waals surface area contributed by atoms with Gasteiger partial charge in [-0.3, -0.25) is 14.5 Å². The highest BCUT2D eigenvalue weighted by Gasteiger charge is 2.30. The number of hydrogen-bond donors (Lipinski definition) is 2. The van der Waals surface area contributed by atoms with Gasteiger partial charge >= 0.3 is 6.18 Å². The van der Waals surface area contributed by atoms with Crippen LogP contribution in [0.3, 0.4) is 0 Å². The van der Waals surface area contributed by atoms with Crippen molar-refractivity contribution in [1.29, 1.82) is 0 Å². The number of aromatic nitrogens is 2. The molecule has 1 aliphatic rings. The third-order valence-electron chi connectivity index (χ3n) is 5.82. The molecule has 0 spiro atoms. The van der Waals surface area contributed by atoms with E-state index in [4.69, 9.17) is 0 Å². The number of benzene rings is 2. The number of anilines is 1. The smallest absolute Gasteiger partial charge is 0.348 e. The van der Waals surface area contributed by atoms with E-state index in [1.54, 1.807) is 6.07 Å². The topological polar surface area (TPSA) is 87.2 Å². The second kappa shape index (κ2) is 10.8. The molecule has 0 atom stereocenters. The molecule has 0 unspecified atom stereocenters. The number of amides is 2. The molecule has 2 aromatic carbocycles. The van der Waals surface area contributed by atoms with E-state index >= 15 is 0 Å². The van der Waals surface area contributed by atoms with E-state index in [1.165, 1.54) is 36.7 Å². The Bertz CT molecular complexity index is 1240. The summed E-state index contributed by atoms with van der Waals surface area (Å²) in [6.07, 6.45) is -0.552. The Morgan fingerprint density at radius 1 is 0.972 bits per heavy atom. The first-order valence-corrected chi connectivity index (χ1v) is 11.3. The van der Waals surface area contributed by atoms with Crippen molar-refractivity contribution in [2.75, 3.05) is 18.4 Å². The molecule has 1 aromatic heterocycles. The Hall–Kier alpha value is -3.86. The zero-order valence-corrected chi connectivity index (χ0v) is 19.1. The van der Waals surface area contributed by atoms with Crippen LogP contribution in [0.5, 0.6) is 0 Å². The molecular weight excluding hydrogens is 478 g/mol. The molecule has 0 aliphatic carbocycles. The number of carbonyl (C=O) groups is 2. The Morgan fingerprint density at radius 3 is 2.42 bits per heavy atom. The third kappa shape index (κ3) is 6.42. The van der Waals surface area contributed by atoms with Gasteiger partial charge in [-0.15, -0.1) is 0 Å². The van der Waals surface area contributed by atoms with Crippen LogP contribution in [0.1, 0.15) is 44.8 Å². The highest BCUT2D eigenvalue weighted by atomic mass is 19.4. The lowest BCUT2D eigenvalue weighted by atomic mass is 10.0. The molecule has 36 heavy (non-hydrogen) atoms. The van der Waals surface area contributed by atoms with Crippen molar-refractivity contribution < 1.29 is 27.2 Å². The Morgan fingerprint density at radius 2 is 1.69 bits per heavy atom. The van der Waals surface area contributed by atoms with Gasteiger partial charge in [0, 0.05) is 43.6 Å². The van der Waals surface area contributed by atoms with Gasteiger partial charge in [-0.05, 0) is 42.7 Å². The van der Waals surface area contributed by atoms with Gasteiger partial charge in [0.2, 0.25) is 0 Å². The number of piperidine rings is 1. The normalized spacial score (nSPS) is 14.9. The second-order valence-electron chi connectivity index (χ2n) is 8.44. The van der Waals surface area contributed by atoms with Crippen LogP contribution in [0, 0.1) is 5.82 Å². The van der Waals surface area contributed by atoms with Crippen LogP contribution in [0.4, 0.5) is 23.4 Å². The molecule has 4 rings (SSSR count). The molecule has 2 amide bonds. The van der Waals surface area contributed by atoms with Crippen LogP contribution in [-0.4, -0.2) is 45.8 Å². The number of hydrogen-bond acceptors (Lipinski definition) is 5. The van der Waals surface area contributed by atoms with Crippen molar-refractivity contribution in [2.45, 2.75) is 31.6 Å². The highest BCUT2D eigenvalue weighted by Crippen LogP contribution is 2.30. The maximum absolute atomic E-state index is 13.4. The second-order valence-corrected chi connectivity index (χ2v) is 8.44. The van der Waals surface area contributed by atoms with Gasteiger partial charge in [0.05, 0.1) is 5.56 Å². The van der Waals surface area contributed by atoms with Gasteiger partial charge in [0.1, 0.15) is 5.82 Å². The summed E-state index contributed by atoms with van der Waals surface area (Å²) >= 11 is 0. The molecule has 188 valence electrons. The van der Waals surface area contributed by atoms with Gasteiger partial charge in [-0.1, -0.05) is 24.3 Å². The van der Waals surface area contributed by atoms with Crippen LogP contribution >= 0.6 is 0 Å². The maximum atomic E-state index is 13.4. The van der Waals surface area contributed by atoms with E-state index in [1.807, 2.05) is 4.90 Å². The van der Waals surface area contributed by atoms with Crippen LogP contribution in [0.2, 0.25) is 0 Å². The fourth-order valence-electron chi connectivity index (χ4n) is 4.00. The van der Waals surface area contributed by atoms with E-state index in [0.717, 1.165) is 18.2 Å². The Labute approximate surface area is 204 Å². The SMILES string of the molecule is O=C(Nc1nccnc1C(=O)NC1CCN(Cc2cccc(C(F)(F)F)c2)CC1)c1cccc(F)c1. The van der Waals surface area contributed by atoms with Gasteiger partial charge in [0.15, 0.2) is 11.5 Å². The summed E-state index contributed by atoms with van der Waals surface area (Å²) in [5, 5.41) is 5.38. The number of rotatable bonds is 6. The van der Waals surface area contributed by atoms with Crippen molar-refractivity contribution >= 4 is 17.6 Å². The first-order chi connectivity index (χ1) is 17.2. The first kappa shape index (κ1) is 25.2. The van der Waals surface area contributed by atoms with Crippen LogP contribution in [-0.2, 0) is 12.7 Å². The predicted octanol–water partition coefficient (Wildman–Crippen LogP) is 4.28. The summed E-state index contributed by atoms with van der Waals surface area (Å²) in [5.41, 5.74) is -0.106. The van der Waals surface area contributed by atoms with Crippen LogP contribution in [0.15, 0.2) is 60.9 Å². The standard InChI is InChI=1S/C25H23F4N5O2/c26-19-6-2-4-17(14-19)23(35)33-22-21(30-9-10-31-22)24(36)32-20-7-11-34(12-8-20)15-16-3-1-5-18(13-16)25(27,28)29/h1-6,9-10,13-14,20H,7-8,11-12,15H2,(H,32,36)(H,31,33,35). The summed E-state index contributed by atoms with van der Waals surface area (Å²) in [7, 11) is 0. The molecule has 1 saturated heterocycles. The fraction of sp³-hybridized carbons (Fsp3) is 0.280. The zero-order chi connectivity index (χ0) is 25.7. The Balaban J connectivity index is 1.33. The number of alkyl halides is 3. The molecule has 2 N–H and O–H groups in total. The largest absolute Gasteiger partial charge is 0.416 e. The highest BCUT2D eigenvalue weighted by molar-refractivity contribution is 6.07. The molecule has 2 heterocycles. The average molecular weight is 501 g/mol. The molecule has 0 saturated carbocycles.